The summed E-state index contributed by atoms with van der Waals surface area (Å²) >= 11 is 0. The topological polar surface area (TPSA) is 58.6 Å². The average Bonchev–Trinajstić information content (AvgIpc) is 2.73. The Hall–Kier alpha value is -3.25. The SMILES string of the molecule is COC(=O)C1=C(C)NC2=C(C(=O)CN(Cc3ccccc3)C2)C1c1ccccc1F. The zero-order valence-electron chi connectivity index (χ0n) is 16.9. The molecule has 4 rings (SSSR count). The van der Waals surface area contributed by atoms with Gasteiger partial charge < -0.3 is 10.1 Å². The number of halogens is 1. The summed E-state index contributed by atoms with van der Waals surface area (Å²) in [6.45, 7) is 3.09. The third kappa shape index (κ3) is 3.66. The Kier molecular flexibility index (Phi) is 5.50. The van der Waals surface area contributed by atoms with Crippen LogP contribution in [0.5, 0.6) is 0 Å². The minimum Gasteiger partial charge on any atom is -0.466 e. The number of esters is 1. The van der Waals surface area contributed by atoms with Gasteiger partial charge in [0, 0.05) is 35.6 Å². The van der Waals surface area contributed by atoms with Gasteiger partial charge in [-0.3, -0.25) is 9.69 Å². The second-order valence-electron chi connectivity index (χ2n) is 7.56. The highest BCUT2D eigenvalue weighted by Crippen LogP contribution is 2.41. The Morgan fingerprint density at radius 2 is 1.83 bits per heavy atom. The van der Waals surface area contributed by atoms with Crippen molar-refractivity contribution in [1.29, 1.82) is 0 Å². The van der Waals surface area contributed by atoms with E-state index in [2.05, 4.69) is 5.32 Å². The van der Waals surface area contributed by atoms with Gasteiger partial charge in [-0.25, -0.2) is 9.18 Å². The van der Waals surface area contributed by atoms with Crippen molar-refractivity contribution in [3.63, 3.8) is 0 Å². The quantitative estimate of drug-likeness (QED) is 0.790. The number of allylic oxidation sites excluding steroid dienone is 1. The van der Waals surface area contributed by atoms with Crippen molar-refractivity contribution in [2.75, 3.05) is 20.2 Å². The molecule has 5 nitrogen and oxygen atoms in total. The average molecular weight is 406 g/mol. The molecule has 0 saturated heterocycles. The van der Waals surface area contributed by atoms with E-state index >= 15 is 0 Å². The number of benzene rings is 2. The lowest BCUT2D eigenvalue weighted by Crippen LogP contribution is -2.45. The van der Waals surface area contributed by atoms with Crippen molar-refractivity contribution >= 4 is 11.8 Å². The molecular weight excluding hydrogens is 383 g/mol. The van der Waals surface area contributed by atoms with Gasteiger partial charge in [-0.05, 0) is 18.6 Å². The molecule has 1 unspecified atom stereocenters. The molecular formula is C24H23FN2O3. The number of dihydropyridines is 1. The number of hydrogen-bond donors (Lipinski definition) is 1. The van der Waals surface area contributed by atoms with Gasteiger partial charge in [-0.2, -0.15) is 0 Å². The van der Waals surface area contributed by atoms with E-state index in [9.17, 15) is 14.0 Å². The molecule has 1 atom stereocenters. The zero-order chi connectivity index (χ0) is 21.3. The summed E-state index contributed by atoms with van der Waals surface area (Å²) in [5, 5.41) is 3.22. The molecule has 0 saturated carbocycles. The Morgan fingerprint density at radius 3 is 2.53 bits per heavy atom. The molecule has 0 fully saturated rings. The van der Waals surface area contributed by atoms with Gasteiger partial charge in [0.15, 0.2) is 5.78 Å². The van der Waals surface area contributed by atoms with Gasteiger partial charge in [-0.15, -0.1) is 0 Å². The van der Waals surface area contributed by atoms with Crippen LogP contribution in [0.2, 0.25) is 0 Å². The lowest BCUT2D eigenvalue weighted by molar-refractivity contribution is -0.136. The summed E-state index contributed by atoms with van der Waals surface area (Å²) in [4.78, 5) is 27.9. The lowest BCUT2D eigenvalue weighted by atomic mass is 9.77. The molecule has 1 N–H and O–H groups in total. The number of Topliss-reactive ketones (excluding diaryl/α,β-unsaturated/α-hetero) is 1. The fourth-order valence-electron chi connectivity index (χ4n) is 4.27. The van der Waals surface area contributed by atoms with Crippen LogP contribution in [0, 0.1) is 5.82 Å². The fraction of sp³-hybridized carbons (Fsp3) is 0.250. The number of methoxy groups -OCH3 is 1. The summed E-state index contributed by atoms with van der Waals surface area (Å²) in [6, 6.07) is 16.2. The second-order valence-corrected chi connectivity index (χ2v) is 7.56. The van der Waals surface area contributed by atoms with Crippen molar-refractivity contribution in [2.24, 2.45) is 0 Å². The molecule has 2 aromatic rings. The number of nitrogens with one attached hydrogen (secondary N) is 1. The van der Waals surface area contributed by atoms with Crippen LogP contribution in [0.15, 0.2) is 77.1 Å². The summed E-state index contributed by atoms with van der Waals surface area (Å²) in [6.07, 6.45) is 0. The summed E-state index contributed by atoms with van der Waals surface area (Å²) in [7, 11) is 1.29. The number of carbonyl (C=O) groups is 2. The van der Waals surface area contributed by atoms with Gasteiger partial charge in [0.05, 0.1) is 25.1 Å². The molecule has 2 heterocycles. The first-order valence-corrected chi connectivity index (χ1v) is 9.82. The minimum absolute atomic E-state index is 0.123. The molecule has 0 amide bonds. The van der Waals surface area contributed by atoms with E-state index in [1.807, 2.05) is 35.2 Å². The van der Waals surface area contributed by atoms with Crippen LogP contribution in [0.25, 0.3) is 0 Å². The molecule has 0 aliphatic carbocycles. The first kappa shape index (κ1) is 20.0. The highest BCUT2D eigenvalue weighted by Gasteiger charge is 2.41. The van der Waals surface area contributed by atoms with Gasteiger partial charge in [0.25, 0.3) is 0 Å². The molecule has 0 aromatic heterocycles. The standard InChI is InChI=1S/C24H23FN2O3/c1-15-21(24(29)30-2)22(17-10-6-7-11-18(17)25)23-19(26-15)13-27(14-20(23)28)12-16-8-4-3-5-9-16/h3-11,22,26H,12-14H2,1-2H3. The smallest absolute Gasteiger partial charge is 0.336 e. The van der Waals surface area contributed by atoms with Crippen LogP contribution in [0.4, 0.5) is 4.39 Å². The van der Waals surface area contributed by atoms with E-state index < -0.39 is 17.7 Å². The zero-order valence-corrected chi connectivity index (χ0v) is 16.9. The molecule has 2 aliphatic heterocycles. The van der Waals surface area contributed by atoms with Crippen LogP contribution in [-0.4, -0.2) is 36.9 Å². The van der Waals surface area contributed by atoms with E-state index in [0.29, 0.717) is 35.6 Å². The predicted molar refractivity (Wildman–Crippen MR) is 111 cm³/mol. The van der Waals surface area contributed by atoms with Gasteiger partial charge in [0.1, 0.15) is 5.82 Å². The number of ketones is 1. The van der Waals surface area contributed by atoms with Crippen LogP contribution < -0.4 is 5.32 Å². The van der Waals surface area contributed by atoms with E-state index in [4.69, 9.17) is 4.74 Å². The van der Waals surface area contributed by atoms with E-state index in [1.165, 1.54) is 13.2 Å². The minimum atomic E-state index is -0.790. The Balaban J connectivity index is 1.75. The van der Waals surface area contributed by atoms with Crippen molar-refractivity contribution in [3.05, 3.63) is 94.1 Å². The maximum absolute atomic E-state index is 14.8. The number of rotatable bonds is 4. The van der Waals surface area contributed by atoms with Crippen LogP contribution in [-0.2, 0) is 20.9 Å². The maximum Gasteiger partial charge on any atom is 0.336 e. The molecule has 30 heavy (non-hydrogen) atoms. The number of ether oxygens (including phenoxy) is 1. The highest BCUT2D eigenvalue weighted by atomic mass is 19.1. The van der Waals surface area contributed by atoms with Gasteiger partial charge >= 0.3 is 5.97 Å². The lowest BCUT2D eigenvalue weighted by Gasteiger charge is -2.38. The summed E-state index contributed by atoms with van der Waals surface area (Å²) in [5.41, 5.74) is 3.40. The van der Waals surface area contributed by atoms with Crippen molar-refractivity contribution in [2.45, 2.75) is 19.4 Å². The van der Waals surface area contributed by atoms with Crippen molar-refractivity contribution in [3.8, 4) is 0 Å². The van der Waals surface area contributed by atoms with E-state index in [1.54, 1.807) is 25.1 Å². The summed E-state index contributed by atoms with van der Waals surface area (Å²) in [5.74, 6) is -1.94. The first-order valence-electron chi connectivity index (χ1n) is 9.82. The molecule has 0 spiro atoms. The maximum atomic E-state index is 14.8. The third-order valence-electron chi connectivity index (χ3n) is 5.56. The fourth-order valence-corrected chi connectivity index (χ4v) is 4.27. The largest absolute Gasteiger partial charge is 0.466 e. The molecule has 2 aliphatic rings. The normalized spacial score (nSPS) is 19.4. The monoisotopic (exact) mass is 406 g/mol. The van der Waals surface area contributed by atoms with E-state index in [-0.39, 0.29) is 17.9 Å². The molecule has 0 radical (unpaired) electrons. The van der Waals surface area contributed by atoms with Crippen LogP contribution >= 0.6 is 0 Å². The second kappa shape index (κ2) is 8.24. The third-order valence-corrected chi connectivity index (χ3v) is 5.56. The molecule has 2 aromatic carbocycles. The van der Waals surface area contributed by atoms with Crippen molar-refractivity contribution < 1.29 is 18.7 Å². The van der Waals surface area contributed by atoms with Crippen molar-refractivity contribution in [1.82, 2.24) is 10.2 Å². The Morgan fingerprint density at radius 1 is 1.13 bits per heavy atom. The van der Waals surface area contributed by atoms with Crippen LogP contribution in [0.3, 0.4) is 0 Å². The van der Waals surface area contributed by atoms with E-state index in [0.717, 1.165) is 5.56 Å². The summed E-state index contributed by atoms with van der Waals surface area (Å²) < 4.78 is 19.7. The number of carbonyl (C=O) groups excluding carboxylic acids is 2. The first-order chi connectivity index (χ1) is 14.5. The van der Waals surface area contributed by atoms with Gasteiger partial charge in [0.2, 0.25) is 0 Å². The number of nitrogens with zero attached hydrogens (tertiary/aromatic N) is 1. The Labute approximate surface area is 174 Å². The molecule has 6 heteroatoms. The molecule has 154 valence electrons. The predicted octanol–water partition coefficient (Wildman–Crippen LogP) is 3.30. The molecule has 0 bridgehead atoms. The highest BCUT2D eigenvalue weighted by molar-refractivity contribution is 6.04. The van der Waals surface area contributed by atoms with Crippen LogP contribution in [0.1, 0.15) is 24.0 Å². The van der Waals surface area contributed by atoms with Gasteiger partial charge in [-0.1, -0.05) is 48.5 Å². The Bertz CT molecular complexity index is 1060. The number of hydrogen-bond acceptors (Lipinski definition) is 5.